The van der Waals surface area contributed by atoms with Crippen molar-refractivity contribution in [1.29, 1.82) is 0 Å². The van der Waals surface area contributed by atoms with Crippen molar-refractivity contribution in [2.24, 2.45) is 0 Å². The topological polar surface area (TPSA) is 83.6 Å². The van der Waals surface area contributed by atoms with Crippen molar-refractivity contribution in [2.45, 2.75) is 36.6 Å². The molecule has 28 heavy (non-hydrogen) atoms. The molecule has 0 spiro atoms. The monoisotopic (exact) mass is 400 g/mol. The van der Waals surface area contributed by atoms with Crippen LogP contribution in [0, 0.1) is 0 Å². The van der Waals surface area contributed by atoms with E-state index in [1.807, 2.05) is 6.07 Å². The Morgan fingerprint density at radius 1 is 0.893 bits per heavy atom. The van der Waals surface area contributed by atoms with Gasteiger partial charge in [-0.05, 0) is 25.0 Å². The van der Waals surface area contributed by atoms with Gasteiger partial charge in [0.15, 0.2) is 5.78 Å². The highest BCUT2D eigenvalue weighted by Crippen LogP contribution is 2.16. The van der Waals surface area contributed by atoms with E-state index in [2.05, 4.69) is 4.72 Å². The molecular formula is C21H24N2O4S. The summed E-state index contributed by atoms with van der Waals surface area (Å²) < 4.78 is 27.5. The molecule has 3 rings (SSSR count). The van der Waals surface area contributed by atoms with Crippen molar-refractivity contribution in [1.82, 2.24) is 9.62 Å². The Morgan fingerprint density at radius 2 is 1.46 bits per heavy atom. The lowest BCUT2D eigenvalue weighted by Gasteiger charge is -2.32. The summed E-state index contributed by atoms with van der Waals surface area (Å²) in [5.41, 5.74) is 0.615. The van der Waals surface area contributed by atoms with Crippen LogP contribution in [-0.4, -0.2) is 44.1 Å². The Hall–Kier alpha value is -2.51. The van der Waals surface area contributed by atoms with Crippen LogP contribution in [0.2, 0.25) is 0 Å². The van der Waals surface area contributed by atoms with Gasteiger partial charge in [-0.3, -0.25) is 9.59 Å². The molecule has 0 aliphatic carbocycles. The van der Waals surface area contributed by atoms with E-state index in [9.17, 15) is 18.0 Å². The molecule has 2 aromatic rings. The van der Waals surface area contributed by atoms with E-state index in [4.69, 9.17) is 0 Å². The molecule has 1 aliphatic rings. The summed E-state index contributed by atoms with van der Waals surface area (Å²) in [5, 5.41) is 0. The van der Waals surface area contributed by atoms with Crippen molar-refractivity contribution < 1.29 is 18.0 Å². The Kier molecular flexibility index (Phi) is 6.59. The standard InChI is InChI=1S/C21H24N2O4S/c24-20(17-7-3-1-4-8-17)11-12-21(25)23-15-13-18(14-16-23)22-28(26,27)19-9-5-2-6-10-19/h1-10,18,22H,11-16H2. The quantitative estimate of drug-likeness (QED) is 0.724. The molecule has 6 nitrogen and oxygen atoms in total. The molecule has 0 atom stereocenters. The zero-order valence-electron chi connectivity index (χ0n) is 15.6. The number of nitrogens with one attached hydrogen (secondary N) is 1. The molecule has 0 radical (unpaired) electrons. The van der Waals surface area contributed by atoms with Gasteiger partial charge in [0, 0.05) is 37.5 Å². The molecule has 0 unspecified atom stereocenters. The smallest absolute Gasteiger partial charge is 0.240 e. The first-order chi connectivity index (χ1) is 13.5. The molecule has 1 amide bonds. The average Bonchev–Trinajstić information content (AvgIpc) is 2.73. The summed E-state index contributed by atoms with van der Waals surface area (Å²) in [6.07, 6.45) is 1.48. The predicted octanol–water partition coefficient (Wildman–Crippen LogP) is 2.62. The van der Waals surface area contributed by atoms with Gasteiger partial charge in [-0.25, -0.2) is 13.1 Å². The first-order valence-corrected chi connectivity index (χ1v) is 10.9. The summed E-state index contributed by atoms with van der Waals surface area (Å²) in [6.45, 7) is 0.973. The number of amides is 1. The SMILES string of the molecule is O=C(CCC(=O)N1CCC(NS(=O)(=O)c2ccccc2)CC1)c1ccccc1. The number of likely N-dealkylation sites (tertiary alicyclic amines) is 1. The van der Waals surface area contributed by atoms with Crippen LogP contribution in [0.1, 0.15) is 36.0 Å². The second kappa shape index (κ2) is 9.12. The van der Waals surface area contributed by atoms with Gasteiger partial charge in [0.1, 0.15) is 0 Å². The zero-order valence-corrected chi connectivity index (χ0v) is 16.4. The molecule has 148 valence electrons. The lowest BCUT2D eigenvalue weighted by Crippen LogP contribution is -2.46. The molecule has 1 N–H and O–H groups in total. The summed E-state index contributed by atoms with van der Waals surface area (Å²) in [7, 11) is -3.55. The fourth-order valence-electron chi connectivity index (χ4n) is 3.28. The maximum atomic E-state index is 12.4. The van der Waals surface area contributed by atoms with Gasteiger partial charge < -0.3 is 4.90 Å². The number of hydrogen-bond acceptors (Lipinski definition) is 4. The molecule has 1 aliphatic heterocycles. The Balaban J connectivity index is 1.46. The molecule has 2 aromatic carbocycles. The lowest BCUT2D eigenvalue weighted by molar-refractivity contribution is -0.132. The Morgan fingerprint density at radius 3 is 2.07 bits per heavy atom. The second-order valence-electron chi connectivity index (χ2n) is 6.88. The van der Waals surface area contributed by atoms with Crippen molar-refractivity contribution in [3.05, 3.63) is 66.2 Å². The molecule has 0 aromatic heterocycles. The van der Waals surface area contributed by atoms with E-state index in [-0.39, 0.29) is 35.5 Å². The van der Waals surface area contributed by atoms with Gasteiger partial charge in [-0.2, -0.15) is 0 Å². The fraction of sp³-hybridized carbons (Fsp3) is 0.333. The van der Waals surface area contributed by atoms with Crippen LogP contribution >= 0.6 is 0 Å². The minimum atomic E-state index is -3.55. The van der Waals surface area contributed by atoms with Gasteiger partial charge >= 0.3 is 0 Å². The lowest BCUT2D eigenvalue weighted by atomic mass is 10.0. The van der Waals surface area contributed by atoms with Crippen LogP contribution in [0.4, 0.5) is 0 Å². The number of carbonyl (C=O) groups excluding carboxylic acids is 2. The van der Waals surface area contributed by atoms with Crippen LogP contribution in [0.5, 0.6) is 0 Å². The number of hydrogen-bond donors (Lipinski definition) is 1. The number of piperidine rings is 1. The molecule has 1 saturated heterocycles. The number of sulfonamides is 1. The van der Waals surface area contributed by atoms with Crippen LogP contribution in [0.3, 0.4) is 0 Å². The van der Waals surface area contributed by atoms with E-state index < -0.39 is 10.0 Å². The first-order valence-electron chi connectivity index (χ1n) is 9.39. The third-order valence-electron chi connectivity index (χ3n) is 4.88. The van der Waals surface area contributed by atoms with Crippen molar-refractivity contribution in [3.63, 3.8) is 0 Å². The van der Waals surface area contributed by atoms with Crippen LogP contribution < -0.4 is 4.72 Å². The van der Waals surface area contributed by atoms with E-state index in [0.29, 0.717) is 31.5 Å². The van der Waals surface area contributed by atoms with E-state index >= 15 is 0 Å². The molecule has 7 heteroatoms. The third kappa shape index (κ3) is 5.27. The van der Waals surface area contributed by atoms with Gasteiger partial charge in [-0.15, -0.1) is 0 Å². The van der Waals surface area contributed by atoms with Gasteiger partial charge in [0.05, 0.1) is 4.90 Å². The van der Waals surface area contributed by atoms with Crippen LogP contribution in [0.15, 0.2) is 65.6 Å². The van der Waals surface area contributed by atoms with E-state index in [1.165, 1.54) is 0 Å². The molecule has 1 fully saturated rings. The highest BCUT2D eigenvalue weighted by atomic mass is 32.2. The zero-order chi connectivity index (χ0) is 20.0. The van der Waals surface area contributed by atoms with Gasteiger partial charge in [-0.1, -0.05) is 48.5 Å². The van der Waals surface area contributed by atoms with E-state index in [0.717, 1.165) is 0 Å². The number of Topliss-reactive ketones (excluding diaryl/α,β-unsaturated/α-hetero) is 1. The number of benzene rings is 2. The highest BCUT2D eigenvalue weighted by molar-refractivity contribution is 7.89. The van der Waals surface area contributed by atoms with Crippen LogP contribution in [-0.2, 0) is 14.8 Å². The number of rotatable bonds is 7. The summed E-state index contributed by atoms with van der Waals surface area (Å²) in [5.74, 6) is -0.104. The van der Waals surface area contributed by atoms with Gasteiger partial charge in [0.25, 0.3) is 0 Å². The largest absolute Gasteiger partial charge is 0.343 e. The maximum Gasteiger partial charge on any atom is 0.240 e. The Labute approximate surface area is 165 Å². The molecule has 1 heterocycles. The minimum Gasteiger partial charge on any atom is -0.343 e. The first kappa shape index (κ1) is 20.2. The highest BCUT2D eigenvalue weighted by Gasteiger charge is 2.26. The summed E-state index contributed by atoms with van der Waals surface area (Å²) >= 11 is 0. The van der Waals surface area contributed by atoms with Gasteiger partial charge in [0.2, 0.25) is 15.9 Å². The number of carbonyl (C=O) groups is 2. The second-order valence-corrected chi connectivity index (χ2v) is 8.59. The van der Waals surface area contributed by atoms with Crippen LogP contribution in [0.25, 0.3) is 0 Å². The third-order valence-corrected chi connectivity index (χ3v) is 6.42. The van der Waals surface area contributed by atoms with Crippen molar-refractivity contribution in [3.8, 4) is 0 Å². The Bertz CT molecular complexity index is 906. The fourth-order valence-corrected chi connectivity index (χ4v) is 4.61. The predicted molar refractivity (Wildman–Crippen MR) is 106 cm³/mol. The number of ketones is 1. The molecule has 0 saturated carbocycles. The average molecular weight is 401 g/mol. The van der Waals surface area contributed by atoms with Crippen molar-refractivity contribution in [2.75, 3.05) is 13.1 Å². The maximum absolute atomic E-state index is 12.4. The summed E-state index contributed by atoms with van der Waals surface area (Å²) in [4.78, 5) is 26.5. The molecule has 0 bridgehead atoms. The number of nitrogens with zero attached hydrogens (tertiary/aromatic N) is 1. The van der Waals surface area contributed by atoms with E-state index in [1.54, 1.807) is 59.5 Å². The summed E-state index contributed by atoms with van der Waals surface area (Å²) in [6, 6.07) is 17.0. The normalized spacial score (nSPS) is 15.4. The van der Waals surface area contributed by atoms with Crippen molar-refractivity contribution >= 4 is 21.7 Å². The minimum absolute atomic E-state index is 0.0422. The molecular weight excluding hydrogens is 376 g/mol.